The molecule has 7 nitrogen and oxygen atoms in total. The molecule has 3 rings (SSSR count). The Hall–Kier alpha value is -3.79. The number of rotatable bonds is 4. The SMILES string of the molecule is O=C(NCCC#Cc1ccc2[nH]c(=O)oc(=O)c2c1)OCc1ccccc1. The first kappa shape index (κ1) is 18.0. The molecule has 2 N–H and O–H groups in total. The fourth-order valence-electron chi connectivity index (χ4n) is 2.34. The van der Waals surface area contributed by atoms with Crippen molar-refractivity contribution in [2.45, 2.75) is 13.0 Å². The number of nitrogens with one attached hydrogen (secondary N) is 2. The third-order valence-corrected chi connectivity index (χ3v) is 3.63. The minimum atomic E-state index is -0.795. The van der Waals surface area contributed by atoms with Gasteiger partial charge in [0.2, 0.25) is 0 Å². The first-order valence-electron chi connectivity index (χ1n) is 8.22. The Morgan fingerprint density at radius 1 is 1.15 bits per heavy atom. The molecule has 7 heteroatoms. The fraction of sp³-hybridized carbons (Fsp3) is 0.150. The highest BCUT2D eigenvalue weighted by atomic mass is 16.5. The normalized spacial score (nSPS) is 10.1. The van der Waals surface area contributed by atoms with Crippen LogP contribution >= 0.6 is 0 Å². The summed E-state index contributed by atoms with van der Waals surface area (Å²) in [5.74, 6) is 5.00. The van der Waals surface area contributed by atoms with Gasteiger partial charge in [0.05, 0.1) is 10.9 Å². The lowest BCUT2D eigenvalue weighted by Gasteiger charge is -2.05. The van der Waals surface area contributed by atoms with Gasteiger partial charge in [0.25, 0.3) is 0 Å². The van der Waals surface area contributed by atoms with Crippen LogP contribution in [-0.2, 0) is 11.3 Å². The molecule has 2 aromatic carbocycles. The molecule has 1 heterocycles. The number of H-pyrrole nitrogens is 1. The van der Waals surface area contributed by atoms with Crippen molar-refractivity contribution in [1.29, 1.82) is 0 Å². The number of aromatic amines is 1. The lowest BCUT2D eigenvalue weighted by atomic mass is 10.1. The van der Waals surface area contributed by atoms with E-state index in [0.29, 0.717) is 24.0 Å². The number of hydrogen-bond donors (Lipinski definition) is 2. The van der Waals surface area contributed by atoms with Crippen LogP contribution in [0.3, 0.4) is 0 Å². The van der Waals surface area contributed by atoms with Crippen LogP contribution in [0.15, 0.2) is 62.5 Å². The molecular formula is C20H16N2O5. The van der Waals surface area contributed by atoms with E-state index in [1.54, 1.807) is 18.2 Å². The molecule has 27 heavy (non-hydrogen) atoms. The third kappa shape index (κ3) is 5.09. The lowest BCUT2D eigenvalue weighted by molar-refractivity contribution is 0.140. The molecule has 0 bridgehead atoms. The van der Waals surface area contributed by atoms with E-state index in [1.165, 1.54) is 0 Å². The van der Waals surface area contributed by atoms with E-state index in [9.17, 15) is 14.4 Å². The third-order valence-electron chi connectivity index (χ3n) is 3.63. The standard InChI is InChI=1S/C20H16N2O5/c23-18-16-12-14(9-10-17(16)22-20(25)27-18)6-4-5-11-21-19(24)26-13-15-7-2-1-3-8-15/h1-3,7-10,12H,5,11,13H2,(H,21,24)(H,22,25). The van der Waals surface area contributed by atoms with Crippen molar-refractivity contribution < 1.29 is 13.9 Å². The maximum absolute atomic E-state index is 11.7. The topological polar surface area (TPSA) is 101 Å². The summed E-state index contributed by atoms with van der Waals surface area (Å²) in [6, 6.07) is 14.2. The molecule has 1 aromatic heterocycles. The van der Waals surface area contributed by atoms with Gasteiger partial charge in [-0.15, -0.1) is 0 Å². The molecule has 0 aliphatic rings. The molecule has 0 atom stereocenters. The molecule has 0 aliphatic carbocycles. The quantitative estimate of drug-likeness (QED) is 0.546. The number of carbonyl (C=O) groups is 1. The molecule has 0 aliphatic heterocycles. The van der Waals surface area contributed by atoms with E-state index in [1.807, 2.05) is 30.3 Å². The summed E-state index contributed by atoms with van der Waals surface area (Å²) < 4.78 is 9.59. The number of fused-ring (bicyclic) bond motifs is 1. The Bertz CT molecular complexity index is 1120. The molecule has 1 amide bonds. The van der Waals surface area contributed by atoms with Crippen molar-refractivity contribution in [2.75, 3.05) is 6.54 Å². The number of ether oxygens (including phenoxy) is 1. The van der Waals surface area contributed by atoms with Crippen LogP contribution in [0.1, 0.15) is 17.5 Å². The van der Waals surface area contributed by atoms with E-state index in [0.717, 1.165) is 5.56 Å². The second kappa shape index (κ2) is 8.54. The second-order valence-corrected chi connectivity index (χ2v) is 5.60. The van der Waals surface area contributed by atoms with Crippen molar-refractivity contribution in [3.8, 4) is 11.8 Å². The Morgan fingerprint density at radius 3 is 2.78 bits per heavy atom. The van der Waals surface area contributed by atoms with Gasteiger partial charge in [-0.25, -0.2) is 14.4 Å². The first-order valence-corrected chi connectivity index (χ1v) is 8.22. The summed E-state index contributed by atoms with van der Waals surface area (Å²) in [4.78, 5) is 36.8. The molecule has 136 valence electrons. The average molecular weight is 364 g/mol. The minimum absolute atomic E-state index is 0.208. The number of carbonyl (C=O) groups excluding carboxylic acids is 1. The van der Waals surface area contributed by atoms with Gasteiger partial charge in [0.1, 0.15) is 6.61 Å². The van der Waals surface area contributed by atoms with Crippen LogP contribution in [0.5, 0.6) is 0 Å². The highest BCUT2D eigenvalue weighted by Gasteiger charge is 2.03. The van der Waals surface area contributed by atoms with Crippen LogP contribution in [0, 0.1) is 11.8 Å². The predicted octanol–water partition coefficient (Wildman–Crippen LogP) is 2.15. The monoisotopic (exact) mass is 364 g/mol. The largest absolute Gasteiger partial charge is 0.445 e. The van der Waals surface area contributed by atoms with Crippen LogP contribution in [0.2, 0.25) is 0 Å². The van der Waals surface area contributed by atoms with Gasteiger partial charge in [-0.2, -0.15) is 0 Å². The highest BCUT2D eigenvalue weighted by molar-refractivity contribution is 5.78. The van der Waals surface area contributed by atoms with Crippen LogP contribution in [0.25, 0.3) is 10.9 Å². The number of benzene rings is 2. The van der Waals surface area contributed by atoms with Crippen molar-refractivity contribution in [3.63, 3.8) is 0 Å². The Morgan fingerprint density at radius 2 is 1.96 bits per heavy atom. The van der Waals surface area contributed by atoms with Crippen LogP contribution in [0.4, 0.5) is 4.79 Å². The summed E-state index contributed by atoms with van der Waals surface area (Å²) in [6.45, 7) is 0.545. The van der Waals surface area contributed by atoms with E-state index in [-0.39, 0.29) is 12.0 Å². The van der Waals surface area contributed by atoms with Gasteiger partial charge >= 0.3 is 17.5 Å². The molecule has 0 unspecified atom stereocenters. The summed E-state index contributed by atoms with van der Waals surface area (Å²) in [6.07, 6.45) is -0.0912. The highest BCUT2D eigenvalue weighted by Crippen LogP contribution is 2.08. The average Bonchev–Trinajstić information content (AvgIpc) is 2.67. The summed E-state index contributed by atoms with van der Waals surface area (Å²) in [7, 11) is 0. The van der Waals surface area contributed by atoms with E-state index in [4.69, 9.17) is 4.74 Å². The van der Waals surface area contributed by atoms with Crippen molar-refractivity contribution >= 4 is 17.0 Å². The van der Waals surface area contributed by atoms with Gasteiger partial charge in [0.15, 0.2) is 0 Å². The zero-order valence-corrected chi connectivity index (χ0v) is 14.3. The Labute approximate surface area is 154 Å². The lowest BCUT2D eigenvalue weighted by Crippen LogP contribution is -2.24. The molecule has 0 radical (unpaired) electrons. The zero-order chi connectivity index (χ0) is 19.1. The molecule has 3 aromatic rings. The summed E-state index contributed by atoms with van der Waals surface area (Å²) in [5.41, 5.74) is 1.20. The molecule has 0 saturated heterocycles. The van der Waals surface area contributed by atoms with Crippen molar-refractivity contribution in [3.05, 3.63) is 80.6 Å². The van der Waals surface area contributed by atoms with Crippen LogP contribution < -0.4 is 16.7 Å². The van der Waals surface area contributed by atoms with Gasteiger partial charge in [-0.3, -0.25) is 4.98 Å². The molecule has 0 fully saturated rings. The zero-order valence-electron chi connectivity index (χ0n) is 14.3. The maximum atomic E-state index is 11.7. The maximum Gasteiger partial charge on any atom is 0.419 e. The van der Waals surface area contributed by atoms with E-state index in [2.05, 4.69) is 26.6 Å². The van der Waals surface area contributed by atoms with Gasteiger partial charge in [-0.1, -0.05) is 42.2 Å². The predicted molar refractivity (Wildman–Crippen MR) is 99.2 cm³/mol. The molecule has 0 saturated carbocycles. The summed E-state index contributed by atoms with van der Waals surface area (Å²) >= 11 is 0. The first-order chi connectivity index (χ1) is 13.1. The fourth-order valence-corrected chi connectivity index (χ4v) is 2.34. The number of hydrogen-bond acceptors (Lipinski definition) is 5. The molecular weight excluding hydrogens is 348 g/mol. The summed E-state index contributed by atoms with van der Waals surface area (Å²) in [5, 5.41) is 2.87. The minimum Gasteiger partial charge on any atom is -0.445 e. The Balaban J connectivity index is 1.49. The molecule has 0 spiro atoms. The van der Waals surface area contributed by atoms with Crippen LogP contribution in [-0.4, -0.2) is 17.6 Å². The van der Waals surface area contributed by atoms with Gasteiger partial charge < -0.3 is 14.5 Å². The van der Waals surface area contributed by atoms with E-state index >= 15 is 0 Å². The van der Waals surface area contributed by atoms with Crippen molar-refractivity contribution in [2.24, 2.45) is 0 Å². The van der Waals surface area contributed by atoms with Crippen molar-refractivity contribution in [1.82, 2.24) is 10.3 Å². The number of aromatic nitrogens is 1. The Kier molecular flexibility index (Phi) is 5.70. The number of alkyl carbamates (subject to hydrolysis) is 1. The van der Waals surface area contributed by atoms with Gasteiger partial charge in [0, 0.05) is 18.5 Å². The number of amides is 1. The second-order valence-electron chi connectivity index (χ2n) is 5.60. The van der Waals surface area contributed by atoms with E-state index < -0.39 is 17.5 Å². The smallest absolute Gasteiger partial charge is 0.419 e. The van der Waals surface area contributed by atoms with Gasteiger partial charge in [-0.05, 0) is 23.8 Å².